The van der Waals surface area contributed by atoms with E-state index in [4.69, 9.17) is 9.47 Å². The van der Waals surface area contributed by atoms with E-state index in [9.17, 15) is 5.11 Å². The highest BCUT2D eigenvalue weighted by Crippen LogP contribution is 2.17. The first kappa shape index (κ1) is 14.5. The fourth-order valence-corrected chi connectivity index (χ4v) is 2.15. The maximum absolute atomic E-state index is 9.74. The number of rotatable bonds is 8. The van der Waals surface area contributed by atoms with Gasteiger partial charge in [0.05, 0.1) is 25.4 Å². The van der Waals surface area contributed by atoms with Crippen LogP contribution in [-0.4, -0.2) is 43.4 Å². The van der Waals surface area contributed by atoms with Crippen LogP contribution in [0.5, 0.6) is 0 Å². The van der Waals surface area contributed by atoms with Gasteiger partial charge in [-0.3, -0.25) is 0 Å². The summed E-state index contributed by atoms with van der Waals surface area (Å²) in [6, 6.07) is 10.0. The number of ether oxygens (including phenoxy) is 2. The van der Waals surface area contributed by atoms with E-state index >= 15 is 0 Å². The highest BCUT2D eigenvalue weighted by atomic mass is 32.2. The summed E-state index contributed by atoms with van der Waals surface area (Å²) in [5, 5.41) is 9.74. The first-order valence-electron chi connectivity index (χ1n) is 5.69. The minimum atomic E-state index is -0.445. The average molecular weight is 256 g/mol. The molecular formula is C13H20O3S. The Kier molecular flexibility index (Phi) is 7.28. The van der Waals surface area contributed by atoms with Gasteiger partial charge in [-0.25, -0.2) is 0 Å². The molecule has 0 spiro atoms. The summed E-state index contributed by atoms with van der Waals surface area (Å²) < 4.78 is 10.4. The van der Waals surface area contributed by atoms with Crippen molar-refractivity contribution in [2.45, 2.75) is 24.0 Å². The molecule has 17 heavy (non-hydrogen) atoms. The van der Waals surface area contributed by atoms with E-state index in [1.54, 1.807) is 18.9 Å². The molecule has 1 aromatic rings. The Balaban J connectivity index is 2.15. The van der Waals surface area contributed by atoms with Crippen molar-refractivity contribution in [2.24, 2.45) is 0 Å². The minimum Gasteiger partial charge on any atom is -0.390 e. The van der Waals surface area contributed by atoms with Crippen molar-refractivity contribution in [3.63, 3.8) is 0 Å². The van der Waals surface area contributed by atoms with Crippen LogP contribution in [0.25, 0.3) is 0 Å². The predicted molar refractivity (Wildman–Crippen MR) is 70.5 cm³/mol. The number of aliphatic hydroxyl groups excluding tert-OH is 1. The molecule has 0 amide bonds. The van der Waals surface area contributed by atoms with Crippen molar-refractivity contribution in [3.8, 4) is 0 Å². The van der Waals surface area contributed by atoms with Crippen LogP contribution in [0.4, 0.5) is 0 Å². The van der Waals surface area contributed by atoms with Crippen molar-refractivity contribution in [1.82, 2.24) is 0 Å². The van der Waals surface area contributed by atoms with Gasteiger partial charge in [-0.2, -0.15) is 0 Å². The Morgan fingerprint density at radius 1 is 1.24 bits per heavy atom. The number of aliphatic hydroxyl groups is 1. The van der Waals surface area contributed by atoms with Crippen LogP contribution in [0.2, 0.25) is 0 Å². The van der Waals surface area contributed by atoms with Gasteiger partial charge in [-0.05, 0) is 19.1 Å². The summed E-state index contributed by atoms with van der Waals surface area (Å²) in [6.07, 6.45) is -0.420. The molecule has 0 aromatic heterocycles. The lowest BCUT2D eigenvalue weighted by molar-refractivity contribution is -0.0257. The maximum Gasteiger partial charge on any atom is 0.0867 e. The zero-order valence-electron chi connectivity index (χ0n) is 10.3. The molecule has 0 fully saturated rings. The number of thioether (sulfide) groups is 1. The van der Waals surface area contributed by atoms with Crippen LogP contribution in [0.15, 0.2) is 35.2 Å². The second-order valence-electron chi connectivity index (χ2n) is 3.88. The van der Waals surface area contributed by atoms with Gasteiger partial charge in [-0.15, -0.1) is 11.8 Å². The van der Waals surface area contributed by atoms with Crippen LogP contribution in [-0.2, 0) is 9.47 Å². The largest absolute Gasteiger partial charge is 0.390 e. The highest BCUT2D eigenvalue weighted by Gasteiger charge is 2.08. The lowest BCUT2D eigenvalue weighted by atomic mass is 10.4. The Labute approximate surface area is 107 Å². The number of methoxy groups -OCH3 is 1. The van der Waals surface area contributed by atoms with Gasteiger partial charge in [0, 0.05) is 17.8 Å². The quantitative estimate of drug-likeness (QED) is 0.724. The first-order valence-corrected chi connectivity index (χ1v) is 6.67. The van der Waals surface area contributed by atoms with Crippen LogP contribution in [0, 0.1) is 0 Å². The molecule has 0 saturated carbocycles. The van der Waals surface area contributed by atoms with Crippen LogP contribution < -0.4 is 0 Å². The Bertz CT molecular complexity index is 292. The second kappa shape index (κ2) is 8.53. The highest BCUT2D eigenvalue weighted by molar-refractivity contribution is 7.99. The van der Waals surface area contributed by atoms with Crippen molar-refractivity contribution in [2.75, 3.05) is 26.1 Å². The van der Waals surface area contributed by atoms with Crippen molar-refractivity contribution in [1.29, 1.82) is 0 Å². The third-order valence-corrected chi connectivity index (χ3v) is 3.32. The molecule has 0 saturated heterocycles. The van der Waals surface area contributed by atoms with Gasteiger partial charge < -0.3 is 14.6 Å². The molecule has 1 N–H and O–H groups in total. The molecule has 0 aliphatic rings. The van der Waals surface area contributed by atoms with Crippen molar-refractivity contribution < 1.29 is 14.6 Å². The lowest BCUT2D eigenvalue weighted by Crippen LogP contribution is -2.24. The molecule has 0 radical (unpaired) electrons. The van der Waals surface area contributed by atoms with E-state index in [0.717, 1.165) is 4.90 Å². The average Bonchev–Trinajstić information content (AvgIpc) is 2.35. The molecule has 2 unspecified atom stereocenters. The van der Waals surface area contributed by atoms with Crippen LogP contribution in [0.1, 0.15) is 6.92 Å². The van der Waals surface area contributed by atoms with Gasteiger partial charge in [0.1, 0.15) is 0 Å². The Morgan fingerprint density at radius 3 is 2.59 bits per heavy atom. The molecule has 96 valence electrons. The molecule has 0 heterocycles. The molecule has 2 atom stereocenters. The normalized spacial score (nSPS) is 14.5. The van der Waals surface area contributed by atoms with E-state index in [2.05, 4.69) is 0 Å². The second-order valence-corrected chi connectivity index (χ2v) is 4.97. The van der Waals surface area contributed by atoms with Gasteiger partial charge in [0.25, 0.3) is 0 Å². The van der Waals surface area contributed by atoms with Gasteiger partial charge in [0.15, 0.2) is 0 Å². The van der Waals surface area contributed by atoms with E-state index in [0.29, 0.717) is 19.0 Å². The third-order valence-electron chi connectivity index (χ3n) is 2.16. The molecule has 0 aliphatic heterocycles. The summed E-state index contributed by atoms with van der Waals surface area (Å²) in [7, 11) is 1.64. The topological polar surface area (TPSA) is 38.7 Å². The number of hydrogen-bond acceptors (Lipinski definition) is 4. The fraction of sp³-hybridized carbons (Fsp3) is 0.538. The fourth-order valence-electron chi connectivity index (χ4n) is 1.32. The van der Waals surface area contributed by atoms with Crippen molar-refractivity contribution >= 4 is 11.8 Å². The zero-order valence-corrected chi connectivity index (χ0v) is 11.2. The summed E-state index contributed by atoms with van der Waals surface area (Å²) in [4.78, 5) is 1.16. The predicted octanol–water partition coefficient (Wildman–Crippen LogP) is 2.19. The smallest absolute Gasteiger partial charge is 0.0867 e. The molecule has 4 heteroatoms. The third kappa shape index (κ3) is 6.68. The standard InChI is InChI=1S/C13H20O3S/c1-11(8-15-2)16-9-12(14)10-17-13-6-4-3-5-7-13/h3-7,11-12,14H,8-10H2,1-2H3. The SMILES string of the molecule is COCC(C)OCC(O)CSc1ccccc1. The summed E-state index contributed by atoms with van der Waals surface area (Å²) >= 11 is 1.63. The van der Waals surface area contributed by atoms with Crippen LogP contribution >= 0.6 is 11.8 Å². The van der Waals surface area contributed by atoms with Crippen LogP contribution in [0.3, 0.4) is 0 Å². The maximum atomic E-state index is 9.74. The zero-order chi connectivity index (χ0) is 12.5. The summed E-state index contributed by atoms with van der Waals surface area (Å²) in [5.41, 5.74) is 0. The first-order chi connectivity index (χ1) is 8.22. The molecule has 0 bridgehead atoms. The monoisotopic (exact) mass is 256 g/mol. The van der Waals surface area contributed by atoms with Gasteiger partial charge in [0.2, 0.25) is 0 Å². The molecule has 0 aliphatic carbocycles. The molecule has 1 aromatic carbocycles. The van der Waals surface area contributed by atoms with Gasteiger partial charge in [-0.1, -0.05) is 18.2 Å². The van der Waals surface area contributed by atoms with E-state index in [-0.39, 0.29) is 6.10 Å². The van der Waals surface area contributed by atoms with Crippen molar-refractivity contribution in [3.05, 3.63) is 30.3 Å². The van der Waals surface area contributed by atoms with E-state index in [1.165, 1.54) is 0 Å². The van der Waals surface area contributed by atoms with E-state index < -0.39 is 6.10 Å². The number of hydrogen-bond donors (Lipinski definition) is 1. The lowest BCUT2D eigenvalue weighted by Gasteiger charge is -2.15. The Morgan fingerprint density at radius 2 is 1.94 bits per heavy atom. The molecule has 3 nitrogen and oxygen atoms in total. The molecular weight excluding hydrogens is 236 g/mol. The van der Waals surface area contributed by atoms with Gasteiger partial charge >= 0.3 is 0 Å². The Hall–Kier alpha value is -0.550. The number of benzene rings is 1. The van der Waals surface area contributed by atoms with E-state index in [1.807, 2.05) is 37.3 Å². The summed E-state index contributed by atoms with van der Waals surface area (Å²) in [5.74, 6) is 0.643. The minimum absolute atomic E-state index is 0.0244. The molecule has 1 rings (SSSR count). The summed E-state index contributed by atoms with van der Waals surface area (Å²) in [6.45, 7) is 2.84.